The highest BCUT2D eigenvalue weighted by molar-refractivity contribution is 5.79. The van der Waals surface area contributed by atoms with Gasteiger partial charge in [0.15, 0.2) is 0 Å². The molecule has 0 amide bonds. The molecule has 0 spiro atoms. The van der Waals surface area contributed by atoms with Crippen molar-refractivity contribution in [3.63, 3.8) is 0 Å². The van der Waals surface area contributed by atoms with Gasteiger partial charge in [-0.25, -0.2) is 0 Å². The van der Waals surface area contributed by atoms with E-state index in [1.54, 1.807) is 0 Å². The third kappa shape index (κ3) is 5.05. The van der Waals surface area contributed by atoms with Gasteiger partial charge in [0.25, 0.3) is 0 Å². The average molecular weight is 549 g/mol. The first-order valence-electron chi connectivity index (χ1n) is 14.6. The number of hydrogen-bond donors (Lipinski definition) is 2. The van der Waals surface area contributed by atoms with Crippen LogP contribution < -0.4 is 0 Å². The van der Waals surface area contributed by atoms with E-state index in [1.807, 2.05) is 36.4 Å². The van der Waals surface area contributed by atoms with Crippen molar-refractivity contribution in [3.05, 3.63) is 105 Å². The number of phenolic OH excluding ortho intramolecular Hbond substituents is 2. The van der Waals surface area contributed by atoms with Crippen LogP contribution in [0.3, 0.4) is 0 Å². The number of ether oxygens (including phenoxy) is 2. The molecule has 2 aliphatic heterocycles. The van der Waals surface area contributed by atoms with Crippen LogP contribution in [-0.2, 0) is 27.7 Å². The molecule has 6 rings (SSSR count). The van der Waals surface area contributed by atoms with Crippen LogP contribution in [-0.4, -0.2) is 35.6 Å². The number of para-hydroxylation sites is 2. The van der Waals surface area contributed by atoms with E-state index in [-0.39, 0.29) is 11.5 Å². The largest absolute Gasteiger partial charge is 0.507 e. The predicted octanol–water partition coefficient (Wildman–Crippen LogP) is 7.87. The SMILES string of the molecule is Cc1c(CC2CO2)ccc(-c2cccc(C(C)(C)c3cccc(-c4ccc(CC5CO5)c(C)c4C)c3O)c2O)c1C. The summed E-state index contributed by atoms with van der Waals surface area (Å²) in [6.07, 6.45) is 2.53. The molecule has 0 aromatic heterocycles. The molecule has 0 radical (unpaired) electrons. The summed E-state index contributed by atoms with van der Waals surface area (Å²) in [7, 11) is 0. The standard InChI is InChI=1S/C37H40O4/c1-21-23(3)29(15-13-25(21)17-27-19-40-27)31-9-7-11-33(35(31)38)37(5,6)34-12-8-10-32(36(34)39)30-16-14-26(18-28-20-41-28)22(2)24(30)4/h7-16,27-28,38-39H,17-20H2,1-6H3. The highest BCUT2D eigenvalue weighted by Gasteiger charge is 2.32. The molecule has 0 saturated carbocycles. The van der Waals surface area contributed by atoms with E-state index in [0.717, 1.165) is 59.4 Å². The molecule has 4 heteroatoms. The van der Waals surface area contributed by atoms with Crippen LogP contribution in [0.2, 0.25) is 0 Å². The Morgan fingerprint density at radius 3 is 1.34 bits per heavy atom. The Morgan fingerprint density at radius 1 is 0.585 bits per heavy atom. The Morgan fingerprint density at radius 2 is 0.976 bits per heavy atom. The van der Waals surface area contributed by atoms with Crippen molar-refractivity contribution in [1.29, 1.82) is 0 Å². The molecule has 0 bridgehead atoms. The lowest BCUT2D eigenvalue weighted by atomic mass is 9.75. The third-order valence-electron chi connectivity index (χ3n) is 9.50. The second-order valence-electron chi connectivity index (χ2n) is 12.4. The Labute approximate surface area is 243 Å². The van der Waals surface area contributed by atoms with E-state index in [0.29, 0.717) is 12.2 Å². The third-order valence-corrected chi connectivity index (χ3v) is 9.50. The van der Waals surface area contributed by atoms with Crippen molar-refractivity contribution in [1.82, 2.24) is 0 Å². The molecule has 2 N–H and O–H groups in total. The summed E-state index contributed by atoms with van der Waals surface area (Å²) in [6, 6.07) is 20.5. The van der Waals surface area contributed by atoms with E-state index >= 15 is 0 Å². The fraction of sp³-hybridized carbons (Fsp3) is 0.351. The van der Waals surface area contributed by atoms with E-state index in [1.165, 1.54) is 33.4 Å². The van der Waals surface area contributed by atoms with Gasteiger partial charge in [-0.05, 0) is 72.2 Å². The van der Waals surface area contributed by atoms with Gasteiger partial charge in [0.2, 0.25) is 0 Å². The topological polar surface area (TPSA) is 65.5 Å². The number of aromatic hydroxyl groups is 2. The average Bonchev–Trinajstić information content (AvgIpc) is 3.88. The maximum atomic E-state index is 11.7. The molecular formula is C37H40O4. The normalized spacial score (nSPS) is 18.0. The lowest BCUT2D eigenvalue weighted by Crippen LogP contribution is -2.20. The number of hydrogen-bond acceptors (Lipinski definition) is 4. The lowest BCUT2D eigenvalue weighted by Gasteiger charge is -2.30. The van der Waals surface area contributed by atoms with Gasteiger partial charge in [-0.3, -0.25) is 0 Å². The van der Waals surface area contributed by atoms with Gasteiger partial charge in [0, 0.05) is 40.5 Å². The van der Waals surface area contributed by atoms with Gasteiger partial charge in [0.05, 0.1) is 25.4 Å². The van der Waals surface area contributed by atoms with Crippen LogP contribution in [0.25, 0.3) is 22.3 Å². The maximum Gasteiger partial charge on any atom is 0.127 e. The van der Waals surface area contributed by atoms with Crippen LogP contribution in [0, 0.1) is 27.7 Å². The first-order chi connectivity index (χ1) is 19.6. The molecule has 4 aromatic carbocycles. The predicted molar refractivity (Wildman–Crippen MR) is 165 cm³/mol. The Bertz CT molecular complexity index is 1520. The van der Waals surface area contributed by atoms with Gasteiger partial charge in [0.1, 0.15) is 11.5 Å². The van der Waals surface area contributed by atoms with Gasteiger partial charge >= 0.3 is 0 Å². The first kappa shape index (κ1) is 27.6. The quantitative estimate of drug-likeness (QED) is 0.220. The summed E-state index contributed by atoms with van der Waals surface area (Å²) in [6.45, 7) is 14.4. The number of rotatable bonds is 8. The van der Waals surface area contributed by atoms with E-state index in [4.69, 9.17) is 9.47 Å². The van der Waals surface area contributed by atoms with Gasteiger partial charge in [-0.1, -0.05) is 74.5 Å². The van der Waals surface area contributed by atoms with Crippen molar-refractivity contribution in [2.45, 2.75) is 72.0 Å². The molecule has 2 saturated heterocycles. The summed E-state index contributed by atoms with van der Waals surface area (Å²) in [4.78, 5) is 0. The zero-order valence-corrected chi connectivity index (χ0v) is 25.0. The smallest absolute Gasteiger partial charge is 0.127 e. The van der Waals surface area contributed by atoms with E-state index < -0.39 is 5.41 Å². The first-order valence-corrected chi connectivity index (χ1v) is 14.6. The highest BCUT2D eigenvalue weighted by Crippen LogP contribution is 2.47. The molecule has 2 aliphatic rings. The molecule has 0 aliphatic carbocycles. The molecule has 4 nitrogen and oxygen atoms in total. The monoisotopic (exact) mass is 548 g/mol. The Hall–Kier alpha value is -3.60. The summed E-state index contributed by atoms with van der Waals surface area (Å²) >= 11 is 0. The maximum absolute atomic E-state index is 11.7. The second-order valence-corrected chi connectivity index (χ2v) is 12.4. The van der Waals surface area contributed by atoms with Crippen molar-refractivity contribution in [3.8, 4) is 33.8 Å². The zero-order valence-electron chi connectivity index (χ0n) is 25.0. The van der Waals surface area contributed by atoms with Crippen molar-refractivity contribution in [2.75, 3.05) is 13.2 Å². The lowest BCUT2D eigenvalue weighted by molar-refractivity contribution is 0.407. The Balaban J connectivity index is 1.38. The molecule has 212 valence electrons. The molecule has 41 heavy (non-hydrogen) atoms. The number of epoxide rings is 2. The van der Waals surface area contributed by atoms with Crippen LogP contribution >= 0.6 is 0 Å². The fourth-order valence-electron chi connectivity index (χ4n) is 6.32. The molecule has 2 unspecified atom stereocenters. The fourth-order valence-corrected chi connectivity index (χ4v) is 6.32. The summed E-state index contributed by atoms with van der Waals surface area (Å²) in [5, 5.41) is 23.5. The Kier molecular flexibility index (Phi) is 6.96. The van der Waals surface area contributed by atoms with E-state index in [9.17, 15) is 10.2 Å². The van der Waals surface area contributed by atoms with Gasteiger partial charge in [-0.2, -0.15) is 0 Å². The molecule has 2 atom stereocenters. The second kappa shape index (κ2) is 10.3. The highest BCUT2D eigenvalue weighted by atomic mass is 16.6. The molecule has 2 fully saturated rings. The van der Waals surface area contributed by atoms with Gasteiger partial charge < -0.3 is 19.7 Å². The molecular weight excluding hydrogens is 508 g/mol. The number of benzene rings is 4. The van der Waals surface area contributed by atoms with Crippen molar-refractivity contribution >= 4 is 0 Å². The summed E-state index contributed by atoms with van der Waals surface area (Å²) < 4.78 is 10.9. The van der Waals surface area contributed by atoms with Crippen LogP contribution in [0.1, 0.15) is 58.4 Å². The number of phenols is 2. The minimum absolute atomic E-state index is 0.252. The molecule has 2 heterocycles. The minimum atomic E-state index is -0.654. The summed E-state index contributed by atoms with van der Waals surface area (Å²) in [5.41, 5.74) is 12.0. The van der Waals surface area contributed by atoms with Crippen molar-refractivity contribution < 1.29 is 19.7 Å². The van der Waals surface area contributed by atoms with E-state index in [2.05, 4.69) is 65.8 Å². The summed E-state index contributed by atoms with van der Waals surface area (Å²) in [5.74, 6) is 0.503. The van der Waals surface area contributed by atoms with Gasteiger partial charge in [-0.15, -0.1) is 0 Å². The molecule has 4 aromatic rings. The van der Waals surface area contributed by atoms with Crippen LogP contribution in [0.15, 0.2) is 60.7 Å². The zero-order chi connectivity index (χ0) is 29.1. The van der Waals surface area contributed by atoms with Crippen LogP contribution in [0.4, 0.5) is 0 Å². The minimum Gasteiger partial charge on any atom is -0.507 e. The van der Waals surface area contributed by atoms with Crippen molar-refractivity contribution in [2.24, 2.45) is 0 Å². The van der Waals surface area contributed by atoms with Crippen LogP contribution in [0.5, 0.6) is 11.5 Å².